The Kier molecular flexibility index (Phi) is 5.08. The molecule has 1 atom stereocenters. The molecule has 0 N–H and O–H groups in total. The molecule has 0 radical (unpaired) electrons. The van der Waals surface area contributed by atoms with Gasteiger partial charge in [0.2, 0.25) is 0 Å². The number of carbonyl (C=O) groups excluding carboxylic acids is 1. The van der Waals surface area contributed by atoms with Crippen molar-refractivity contribution in [3.05, 3.63) is 0 Å². The fraction of sp³-hybridized carbons (Fsp3) is 0.800. The highest BCUT2D eigenvalue weighted by atomic mass is 31.1. The standard InChI is InChI=1S/C5H10O4P/c1-5(6)8-3-4-9-10(2)7/h3-4H2,1-2H3/q+1. The van der Waals surface area contributed by atoms with E-state index in [2.05, 4.69) is 9.26 Å². The van der Waals surface area contributed by atoms with Crippen LogP contribution in [-0.4, -0.2) is 25.8 Å². The fourth-order valence-corrected chi connectivity index (χ4v) is 0.683. The van der Waals surface area contributed by atoms with Gasteiger partial charge in [-0.25, -0.2) is 0 Å². The summed E-state index contributed by atoms with van der Waals surface area (Å²) in [5.41, 5.74) is 0. The first-order valence-corrected chi connectivity index (χ1v) is 4.42. The van der Waals surface area contributed by atoms with Crippen LogP contribution in [0.2, 0.25) is 0 Å². The molecule has 58 valence electrons. The number of hydrogen-bond donors (Lipinski definition) is 0. The van der Waals surface area contributed by atoms with E-state index in [9.17, 15) is 9.36 Å². The van der Waals surface area contributed by atoms with Crippen LogP contribution >= 0.6 is 8.03 Å². The first kappa shape index (κ1) is 9.53. The van der Waals surface area contributed by atoms with Gasteiger partial charge in [-0.05, 0) is 4.57 Å². The van der Waals surface area contributed by atoms with E-state index in [-0.39, 0.29) is 19.2 Å². The molecule has 0 saturated carbocycles. The summed E-state index contributed by atoms with van der Waals surface area (Å²) in [6.07, 6.45) is 0. The zero-order valence-corrected chi connectivity index (χ0v) is 6.89. The molecule has 0 spiro atoms. The Morgan fingerprint density at radius 2 is 2.10 bits per heavy atom. The lowest BCUT2D eigenvalue weighted by Gasteiger charge is -1.94. The van der Waals surface area contributed by atoms with Gasteiger partial charge in [0.05, 0.1) is 0 Å². The molecule has 0 fully saturated rings. The van der Waals surface area contributed by atoms with E-state index in [4.69, 9.17) is 0 Å². The summed E-state index contributed by atoms with van der Waals surface area (Å²) in [5.74, 6) is -0.352. The van der Waals surface area contributed by atoms with Gasteiger partial charge >= 0.3 is 14.0 Å². The molecule has 0 aromatic heterocycles. The molecule has 0 amide bonds. The normalized spacial score (nSPS) is 10.8. The first-order chi connectivity index (χ1) is 4.63. The lowest BCUT2D eigenvalue weighted by molar-refractivity contribution is -0.141. The number of rotatable bonds is 4. The van der Waals surface area contributed by atoms with Gasteiger partial charge in [0.25, 0.3) is 0 Å². The van der Waals surface area contributed by atoms with E-state index in [1.165, 1.54) is 13.6 Å². The van der Waals surface area contributed by atoms with Crippen LogP contribution < -0.4 is 0 Å². The predicted molar refractivity (Wildman–Crippen MR) is 36.1 cm³/mol. The van der Waals surface area contributed by atoms with Gasteiger partial charge < -0.3 is 4.74 Å². The SMILES string of the molecule is CC(=O)OCCO[P+](C)=O. The van der Waals surface area contributed by atoms with Crippen LogP contribution in [0.3, 0.4) is 0 Å². The Balaban J connectivity index is 3.06. The van der Waals surface area contributed by atoms with Crippen molar-refractivity contribution in [2.24, 2.45) is 0 Å². The van der Waals surface area contributed by atoms with Gasteiger partial charge in [0.1, 0.15) is 13.2 Å². The third kappa shape index (κ3) is 7.53. The average molecular weight is 165 g/mol. The topological polar surface area (TPSA) is 52.6 Å². The number of esters is 1. The van der Waals surface area contributed by atoms with Gasteiger partial charge in [-0.15, -0.1) is 4.52 Å². The summed E-state index contributed by atoms with van der Waals surface area (Å²) in [5, 5.41) is 0. The van der Waals surface area contributed by atoms with Crippen LogP contribution in [0.15, 0.2) is 0 Å². The maximum Gasteiger partial charge on any atom is 0.504 e. The van der Waals surface area contributed by atoms with E-state index >= 15 is 0 Å². The lowest BCUT2D eigenvalue weighted by Crippen LogP contribution is -2.04. The molecule has 0 saturated heterocycles. The molecular formula is C5H10O4P+. The zero-order valence-electron chi connectivity index (χ0n) is 5.99. The Hall–Kier alpha value is -0.470. The van der Waals surface area contributed by atoms with Crippen molar-refractivity contribution < 1.29 is 18.6 Å². The second-order valence-electron chi connectivity index (χ2n) is 1.61. The molecule has 5 heteroatoms. The highest BCUT2D eigenvalue weighted by Crippen LogP contribution is 2.13. The Bertz CT molecular complexity index is 118. The molecule has 4 nitrogen and oxygen atoms in total. The van der Waals surface area contributed by atoms with Gasteiger partial charge in [-0.2, -0.15) is 0 Å². The van der Waals surface area contributed by atoms with Crippen LogP contribution in [-0.2, 0) is 18.6 Å². The Labute approximate surface area is 60.4 Å². The molecule has 0 aliphatic heterocycles. The van der Waals surface area contributed by atoms with Crippen molar-refractivity contribution in [1.29, 1.82) is 0 Å². The van der Waals surface area contributed by atoms with Crippen molar-refractivity contribution in [2.75, 3.05) is 19.9 Å². The molecule has 0 rings (SSSR count). The quantitative estimate of drug-likeness (QED) is 0.353. The fourth-order valence-electron chi connectivity index (χ4n) is 0.351. The van der Waals surface area contributed by atoms with Gasteiger partial charge in [0, 0.05) is 6.92 Å². The van der Waals surface area contributed by atoms with Gasteiger partial charge in [-0.1, -0.05) is 0 Å². The minimum absolute atomic E-state index is 0.171. The monoisotopic (exact) mass is 165 g/mol. The maximum atomic E-state index is 10.3. The minimum atomic E-state index is -1.57. The summed E-state index contributed by atoms with van der Waals surface area (Å²) in [7, 11) is -1.57. The largest absolute Gasteiger partial charge is 0.504 e. The van der Waals surface area contributed by atoms with Crippen LogP contribution in [0.1, 0.15) is 6.92 Å². The van der Waals surface area contributed by atoms with Gasteiger partial charge in [-0.3, -0.25) is 4.79 Å². The van der Waals surface area contributed by atoms with E-state index in [0.717, 1.165) is 0 Å². The third-order valence-electron chi connectivity index (χ3n) is 0.662. The van der Waals surface area contributed by atoms with Crippen LogP contribution in [0.5, 0.6) is 0 Å². The highest BCUT2D eigenvalue weighted by Gasteiger charge is 2.05. The van der Waals surface area contributed by atoms with Crippen molar-refractivity contribution >= 4 is 14.0 Å². The van der Waals surface area contributed by atoms with E-state index in [1.54, 1.807) is 0 Å². The highest BCUT2D eigenvalue weighted by molar-refractivity contribution is 7.38. The number of ether oxygens (including phenoxy) is 1. The molecule has 0 heterocycles. The second kappa shape index (κ2) is 5.33. The average Bonchev–Trinajstić information content (AvgIpc) is 1.79. The summed E-state index contributed by atoms with van der Waals surface area (Å²) >= 11 is 0. The summed E-state index contributed by atoms with van der Waals surface area (Å²) in [6.45, 7) is 3.13. The van der Waals surface area contributed by atoms with Crippen molar-refractivity contribution in [3.8, 4) is 0 Å². The van der Waals surface area contributed by atoms with Crippen molar-refractivity contribution in [1.82, 2.24) is 0 Å². The predicted octanol–water partition coefficient (Wildman–Crippen LogP) is 0.938. The van der Waals surface area contributed by atoms with Crippen LogP contribution in [0.25, 0.3) is 0 Å². The molecular weight excluding hydrogens is 155 g/mol. The molecule has 1 unspecified atom stereocenters. The lowest BCUT2D eigenvalue weighted by atomic mass is 10.7. The minimum Gasteiger partial charge on any atom is -0.463 e. The second-order valence-corrected chi connectivity index (χ2v) is 2.75. The van der Waals surface area contributed by atoms with Crippen LogP contribution in [0.4, 0.5) is 0 Å². The summed E-state index contributed by atoms with van der Waals surface area (Å²) < 4.78 is 19.4. The van der Waals surface area contributed by atoms with Crippen molar-refractivity contribution in [3.63, 3.8) is 0 Å². The van der Waals surface area contributed by atoms with Gasteiger partial charge in [0.15, 0.2) is 6.66 Å². The summed E-state index contributed by atoms with van der Waals surface area (Å²) in [6, 6.07) is 0. The smallest absolute Gasteiger partial charge is 0.463 e. The first-order valence-electron chi connectivity index (χ1n) is 2.80. The number of hydrogen-bond acceptors (Lipinski definition) is 4. The summed E-state index contributed by atoms with van der Waals surface area (Å²) in [4.78, 5) is 10.1. The molecule has 0 aliphatic rings. The molecule has 0 aromatic carbocycles. The molecule has 0 aromatic rings. The molecule has 0 bridgehead atoms. The van der Waals surface area contributed by atoms with Crippen molar-refractivity contribution in [2.45, 2.75) is 6.92 Å². The third-order valence-corrected chi connectivity index (χ3v) is 1.21. The zero-order chi connectivity index (χ0) is 7.98. The number of carbonyl (C=O) groups is 1. The van der Waals surface area contributed by atoms with E-state index in [0.29, 0.717) is 0 Å². The van der Waals surface area contributed by atoms with E-state index in [1.807, 2.05) is 0 Å². The van der Waals surface area contributed by atoms with Crippen LogP contribution in [0, 0.1) is 0 Å². The molecule has 10 heavy (non-hydrogen) atoms. The Morgan fingerprint density at radius 3 is 2.50 bits per heavy atom. The maximum absolute atomic E-state index is 10.3. The molecule has 0 aliphatic carbocycles. The van der Waals surface area contributed by atoms with E-state index < -0.39 is 8.03 Å². The Morgan fingerprint density at radius 1 is 1.50 bits per heavy atom.